The second-order valence-corrected chi connectivity index (χ2v) is 5.66. The molecule has 0 spiro atoms. The molecule has 2 aromatic rings. The first-order valence-electron chi connectivity index (χ1n) is 7.10. The highest BCUT2D eigenvalue weighted by atomic mass is 35.5. The highest BCUT2D eigenvalue weighted by molar-refractivity contribution is 6.37. The highest BCUT2D eigenvalue weighted by Crippen LogP contribution is 2.35. The third-order valence-electron chi connectivity index (χ3n) is 3.06. The zero-order valence-electron chi connectivity index (χ0n) is 12.7. The molecule has 0 unspecified atom stereocenters. The first-order valence-corrected chi connectivity index (χ1v) is 7.86. The molecule has 1 amide bonds. The minimum absolute atomic E-state index is 0.0889. The molecule has 126 valence electrons. The molecule has 0 aliphatic carbocycles. The van der Waals surface area contributed by atoms with E-state index in [0.29, 0.717) is 12.4 Å². The number of nitrogens with one attached hydrogen (secondary N) is 1. The fourth-order valence-corrected chi connectivity index (χ4v) is 2.56. The van der Waals surface area contributed by atoms with E-state index in [4.69, 9.17) is 27.9 Å². The molecule has 0 heterocycles. The number of para-hydroxylation sites is 2. The third-order valence-corrected chi connectivity index (χ3v) is 3.62. The first kappa shape index (κ1) is 18.0. The molecule has 0 bridgehead atoms. The zero-order valence-corrected chi connectivity index (χ0v) is 14.2. The highest BCUT2D eigenvalue weighted by Gasteiger charge is 2.18. The van der Waals surface area contributed by atoms with Crippen LogP contribution in [-0.4, -0.2) is 17.4 Å². The second kappa shape index (κ2) is 7.99. The normalized spacial score (nSPS) is 10.3. The summed E-state index contributed by atoms with van der Waals surface area (Å²) in [6.07, 6.45) is 0.784. The molecule has 0 aliphatic rings. The maximum absolute atomic E-state index is 12.3. The van der Waals surface area contributed by atoms with Gasteiger partial charge in [-0.1, -0.05) is 42.3 Å². The number of nitro groups is 1. The van der Waals surface area contributed by atoms with Gasteiger partial charge in [0.25, 0.3) is 11.6 Å². The second-order valence-electron chi connectivity index (χ2n) is 4.85. The lowest BCUT2D eigenvalue weighted by Crippen LogP contribution is -2.13. The number of amides is 1. The van der Waals surface area contributed by atoms with E-state index in [2.05, 4.69) is 5.32 Å². The van der Waals surface area contributed by atoms with Gasteiger partial charge in [-0.25, -0.2) is 0 Å². The van der Waals surface area contributed by atoms with Crippen molar-refractivity contribution in [2.75, 3.05) is 11.9 Å². The average Bonchev–Trinajstić information content (AvgIpc) is 2.54. The van der Waals surface area contributed by atoms with Gasteiger partial charge in [0, 0.05) is 11.6 Å². The summed E-state index contributed by atoms with van der Waals surface area (Å²) >= 11 is 12.2. The Kier molecular flexibility index (Phi) is 6.00. The number of ether oxygens (including phenoxy) is 1. The molecule has 2 rings (SSSR count). The summed E-state index contributed by atoms with van der Waals surface area (Å²) in [6, 6.07) is 8.66. The molecule has 0 radical (unpaired) electrons. The summed E-state index contributed by atoms with van der Waals surface area (Å²) in [4.78, 5) is 22.7. The van der Waals surface area contributed by atoms with Crippen LogP contribution >= 0.6 is 23.2 Å². The number of hydrogen-bond acceptors (Lipinski definition) is 4. The molecule has 1 N–H and O–H groups in total. The topological polar surface area (TPSA) is 81.5 Å². The van der Waals surface area contributed by atoms with E-state index in [1.54, 1.807) is 6.07 Å². The van der Waals surface area contributed by atoms with Crippen molar-refractivity contribution in [1.82, 2.24) is 0 Å². The van der Waals surface area contributed by atoms with Crippen molar-refractivity contribution < 1.29 is 14.5 Å². The monoisotopic (exact) mass is 368 g/mol. The number of halogens is 2. The van der Waals surface area contributed by atoms with E-state index in [0.717, 1.165) is 6.42 Å². The van der Waals surface area contributed by atoms with E-state index < -0.39 is 10.8 Å². The van der Waals surface area contributed by atoms with Crippen LogP contribution in [0.5, 0.6) is 5.75 Å². The predicted octanol–water partition coefficient (Wildman–Crippen LogP) is 4.94. The summed E-state index contributed by atoms with van der Waals surface area (Å²) in [7, 11) is 0. The SMILES string of the molecule is CCCOc1c(Cl)cc(C(=O)Nc2ccccc2[N+](=O)[O-])cc1Cl. The standard InChI is InChI=1S/C16H14Cl2N2O4/c1-2-7-24-15-11(17)8-10(9-12(15)18)16(21)19-13-5-3-4-6-14(13)20(22)23/h3-6,8-9H,2,7H2,1H3,(H,19,21). The Bertz CT molecular complexity index is 757. The van der Waals surface area contributed by atoms with Crippen LogP contribution in [0.15, 0.2) is 36.4 Å². The van der Waals surface area contributed by atoms with Crippen LogP contribution in [0, 0.1) is 10.1 Å². The van der Waals surface area contributed by atoms with E-state index in [1.807, 2.05) is 6.92 Å². The molecule has 6 nitrogen and oxygen atoms in total. The van der Waals surface area contributed by atoms with E-state index in [1.165, 1.54) is 30.3 Å². The fraction of sp³-hybridized carbons (Fsp3) is 0.188. The van der Waals surface area contributed by atoms with Crippen LogP contribution in [0.4, 0.5) is 11.4 Å². The van der Waals surface area contributed by atoms with Gasteiger partial charge in [-0.15, -0.1) is 0 Å². The summed E-state index contributed by atoms with van der Waals surface area (Å²) in [5.41, 5.74) is 0.0593. The number of hydrogen-bond donors (Lipinski definition) is 1. The van der Waals surface area contributed by atoms with Gasteiger partial charge in [0.15, 0.2) is 5.75 Å². The van der Waals surface area contributed by atoms with Gasteiger partial charge in [-0.2, -0.15) is 0 Å². The largest absolute Gasteiger partial charge is 0.490 e. The maximum Gasteiger partial charge on any atom is 0.292 e. The van der Waals surface area contributed by atoms with Crippen molar-refractivity contribution in [3.8, 4) is 5.75 Å². The van der Waals surface area contributed by atoms with Gasteiger partial charge in [-0.3, -0.25) is 14.9 Å². The van der Waals surface area contributed by atoms with Gasteiger partial charge in [0.1, 0.15) is 5.69 Å². The molecule has 8 heteroatoms. The van der Waals surface area contributed by atoms with E-state index in [9.17, 15) is 14.9 Å². The Hall–Kier alpha value is -2.31. The Morgan fingerprint density at radius 1 is 1.25 bits per heavy atom. The molecular formula is C16H14Cl2N2O4. The fourth-order valence-electron chi connectivity index (χ4n) is 1.97. The first-order chi connectivity index (χ1) is 11.4. The molecule has 24 heavy (non-hydrogen) atoms. The number of benzene rings is 2. The number of anilines is 1. The molecule has 2 aromatic carbocycles. The molecule has 0 aliphatic heterocycles. The van der Waals surface area contributed by atoms with Gasteiger partial charge in [-0.05, 0) is 24.6 Å². The molecule has 0 saturated heterocycles. The van der Waals surface area contributed by atoms with Gasteiger partial charge in [0.05, 0.1) is 21.6 Å². The van der Waals surface area contributed by atoms with Crippen LogP contribution in [0.25, 0.3) is 0 Å². The lowest BCUT2D eigenvalue weighted by atomic mass is 10.2. The van der Waals surface area contributed by atoms with Gasteiger partial charge in [0.2, 0.25) is 0 Å². The summed E-state index contributed by atoms with van der Waals surface area (Å²) in [5, 5.41) is 13.9. The summed E-state index contributed by atoms with van der Waals surface area (Å²) in [5.74, 6) is -0.252. The van der Waals surface area contributed by atoms with Crippen LogP contribution in [0.3, 0.4) is 0 Å². The summed E-state index contributed by atoms with van der Waals surface area (Å²) in [6.45, 7) is 2.39. The molecule has 0 saturated carbocycles. The lowest BCUT2D eigenvalue weighted by molar-refractivity contribution is -0.383. The number of carbonyl (C=O) groups is 1. The van der Waals surface area contributed by atoms with Crippen LogP contribution in [0.2, 0.25) is 10.0 Å². The molecule has 0 fully saturated rings. The smallest absolute Gasteiger partial charge is 0.292 e. The van der Waals surface area contributed by atoms with Crippen LogP contribution < -0.4 is 10.1 Å². The van der Waals surface area contributed by atoms with Crippen molar-refractivity contribution in [1.29, 1.82) is 0 Å². The molecular weight excluding hydrogens is 355 g/mol. The Morgan fingerprint density at radius 3 is 2.46 bits per heavy atom. The number of carbonyl (C=O) groups excluding carboxylic acids is 1. The number of nitro benzene ring substituents is 1. The quantitative estimate of drug-likeness (QED) is 0.577. The zero-order chi connectivity index (χ0) is 17.7. The summed E-state index contributed by atoms with van der Waals surface area (Å²) < 4.78 is 5.44. The number of rotatable bonds is 6. The lowest BCUT2D eigenvalue weighted by Gasteiger charge is -2.11. The molecule has 0 atom stereocenters. The van der Waals surface area contributed by atoms with Crippen molar-refractivity contribution in [2.45, 2.75) is 13.3 Å². The van der Waals surface area contributed by atoms with Crippen LogP contribution in [-0.2, 0) is 0 Å². The average molecular weight is 369 g/mol. The Balaban J connectivity index is 2.26. The van der Waals surface area contributed by atoms with Crippen molar-refractivity contribution in [2.24, 2.45) is 0 Å². The van der Waals surface area contributed by atoms with E-state index in [-0.39, 0.29) is 27.0 Å². The van der Waals surface area contributed by atoms with Gasteiger partial charge >= 0.3 is 0 Å². The minimum Gasteiger partial charge on any atom is -0.490 e. The predicted molar refractivity (Wildman–Crippen MR) is 93.3 cm³/mol. The minimum atomic E-state index is -0.572. The Morgan fingerprint density at radius 2 is 1.88 bits per heavy atom. The van der Waals surface area contributed by atoms with Crippen molar-refractivity contribution in [3.63, 3.8) is 0 Å². The number of nitrogens with zero attached hydrogens (tertiary/aromatic N) is 1. The van der Waals surface area contributed by atoms with Crippen LogP contribution in [0.1, 0.15) is 23.7 Å². The van der Waals surface area contributed by atoms with Gasteiger partial charge < -0.3 is 10.1 Å². The van der Waals surface area contributed by atoms with Crippen molar-refractivity contribution in [3.05, 3.63) is 62.1 Å². The Labute approximate surface area is 148 Å². The maximum atomic E-state index is 12.3. The van der Waals surface area contributed by atoms with E-state index >= 15 is 0 Å². The van der Waals surface area contributed by atoms with Crippen molar-refractivity contribution >= 4 is 40.5 Å². The third kappa shape index (κ3) is 4.15. The molecule has 0 aromatic heterocycles.